The summed E-state index contributed by atoms with van der Waals surface area (Å²) in [6.07, 6.45) is 8.86. The molecule has 0 spiro atoms. The van der Waals surface area contributed by atoms with Crippen molar-refractivity contribution in [3.63, 3.8) is 0 Å². The summed E-state index contributed by atoms with van der Waals surface area (Å²) < 4.78 is 0. The Bertz CT molecular complexity index is 490. The zero-order valence-corrected chi connectivity index (χ0v) is 13.0. The van der Waals surface area contributed by atoms with Gasteiger partial charge in [0.1, 0.15) is 0 Å². The molecule has 1 aliphatic rings. The van der Waals surface area contributed by atoms with E-state index in [0.717, 1.165) is 24.4 Å². The minimum absolute atomic E-state index is 0.0816. The van der Waals surface area contributed by atoms with Crippen LogP contribution < -0.4 is 5.32 Å². The van der Waals surface area contributed by atoms with E-state index < -0.39 is 5.97 Å². The van der Waals surface area contributed by atoms with Gasteiger partial charge in [-0.2, -0.15) is 0 Å². The Hall–Kier alpha value is -1.84. The zero-order chi connectivity index (χ0) is 15.8. The lowest BCUT2D eigenvalue weighted by Crippen LogP contribution is -2.26. The highest BCUT2D eigenvalue weighted by atomic mass is 16.4. The Balaban J connectivity index is 1.63. The lowest BCUT2D eigenvalue weighted by atomic mass is 9.87. The minimum atomic E-state index is -0.924. The Labute approximate surface area is 131 Å². The first kappa shape index (κ1) is 16.5. The van der Waals surface area contributed by atoms with E-state index >= 15 is 0 Å². The molecule has 1 amide bonds. The average molecular weight is 303 g/mol. The van der Waals surface area contributed by atoms with Crippen LogP contribution in [0.2, 0.25) is 0 Å². The van der Waals surface area contributed by atoms with Crippen LogP contribution in [0.3, 0.4) is 0 Å². The molecule has 0 radical (unpaired) electrons. The Morgan fingerprint density at radius 2 is 1.77 bits per heavy atom. The summed E-state index contributed by atoms with van der Waals surface area (Å²) in [5, 5.41) is 11.8. The van der Waals surface area contributed by atoms with Crippen molar-refractivity contribution in [2.24, 2.45) is 5.92 Å². The van der Waals surface area contributed by atoms with Gasteiger partial charge in [0.2, 0.25) is 5.91 Å². The molecule has 0 aromatic heterocycles. The summed E-state index contributed by atoms with van der Waals surface area (Å²) in [5.41, 5.74) is 1.27. The van der Waals surface area contributed by atoms with E-state index in [-0.39, 0.29) is 11.5 Å². The molecule has 1 fully saturated rings. The van der Waals surface area contributed by atoms with Crippen molar-refractivity contribution >= 4 is 11.9 Å². The van der Waals surface area contributed by atoms with Gasteiger partial charge in [0.15, 0.2) is 0 Å². The number of amides is 1. The van der Waals surface area contributed by atoms with Crippen molar-refractivity contribution in [1.82, 2.24) is 5.32 Å². The van der Waals surface area contributed by atoms with E-state index in [2.05, 4.69) is 5.32 Å². The van der Waals surface area contributed by atoms with Gasteiger partial charge in [-0.15, -0.1) is 0 Å². The van der Waals surface area contributed by atoms with Crippen LogP contribution in [0.4, 0.5) is 0 Å². The molecule has 0 bridgehead atoms. The van der Waals surface area contributed by atoms with Crippen molar-refractivity contribution in [2.45, 2.75) is 51.4 Å². The first-order chi connectivity index (χ1) is 10.6. The number of carboxylic acids is 1. The smallest absolute Gasteiger partial charge is 0.335 e. The molecule has 22 heavy (non-hydrogen) atoms. The highest BCUT2D eigenvalue weighted by Crippen LogP contribution is 2.25. The van der Waals surface area contributed by atoms with Gasteiger partial charge in [-0.3, -0.25) is 4.79 Å². The number of benzene rings is 1. The molecule has 1 saturated carbocycles. The van der Waals surface area contributed by atoms with Gasteiger partial charge in [0.25, 0.3) is 0 Å². The summed E-state index contributed by atoms with van der Waals surface area (Å²) in [4.78, 5) is 22.6. The number of carbonyl (C=O) groups is 2. The van der Waals surface area contributed by atoms with Crippen LogP contribution in [0.15, 0.2) is 24.3 Å². The first-order valence-electron chi connectivity index (χ1n) is 8.24. The summed E-state index contributed by atoms with van der Waals surface area (Å²) in [6, 6.07) is 6.72. The van der Waals surface area contributed by atoms with Crippen LogP contribution in [0.25, 0.3) is 0 Å². The molecule has 0 unspecified atom stereocenters. The molecule has 4 nitrogen and oxygen atoms in total. The molecule has 2 rings (SSSR count). The van der Waals surface area contributed by atoms with Crippen LogP contribution in [-0.4, -0.2) is 23.5 Å². The molecule has 0 aliphatic heterocycles. The highest BCUT2D eigenvalue weighted by Gasteiger charge is 2.13. The summed E-state index contributed by atoms with van der Waals surface area (Å²) in [5.74, 6) is -0.0530. The minimum Gasteiger partial charge on any atom is -0.478 e. The Morgan fingerprint density at radius 3 is 2.41 bits per heavy atom. The molecule has 120 valence electrons. The molecule has 1 aromatic rings. The van der Waals surface area contributed by atoms with E-state index in [0.29, 0.717) is 12.8 Å². The van der Waals surface area contributed by atoms with Gasteiger partial charge in [-0.1, -0.05) is 44.2 Å². The predicted molar refractivity (Wildman–Crippen MR) is 85.9 cm³/mol. The zero-order valence-electron chi connectivity index (χ0n) is 13.0. The van der Waals surface area contributed by atoms with E-state index in [9.17, 15) is 9.59 Å². The molecule has 0 atom stereocenters. The molecule has 0 heterocycles. The Kier molecular flexibility index (Phi) is 6.44. The molecule has 2 N–H and O–H groups in total. The van der Waals surface area contributed by atoms with E-state index in [4.69, 9.17) is 5.11 Å². The van der Waals surface area contributed by atoms with Crippen LogP contribution in [-0.2, 0) is 11.2 Å². The van der Waals surface area contributed by atoms with Crippen LogP contribution >= 0.6 is 0 Å². The third kappa shape index (κ3) is 5.51. The van der Waals surface area contributed by atoms with Gasteiger partial charge in [-0.05, 0) is 36.5 Å². The maximum Gasteiger partial charge on any atom is 0.335 e. The number of carboxylic acid groups (broad SMARTS) is 1. The van der Waals surface area contributed by atoms with Crippen molar-refractivity contribution < 1.29 is 14.7 Å². The second-order valence-corrected chi connectivity index (χ2v) is 6.14. The molecular weight excluding hydrogens is 278 g/mol. The fraction of sp³-hybridized carbons (Fsp3) is 0.556. The van der Waals surface area contributed by atoms with Gasteiger partial charge in [-0.25, -0.2) is 4.79 Å². The maximum atomic E-state index is 11.8. The van der Waals surface area contributed by atoms with Gasteiger partial charge >= 0.3 is 5.97 Å². The van der Waals surface area contributed by atoms with E-state index in [1.54, 1.807) is 24.3 Å². The number of hydrogen-bond acceptors (Lipinski definition) is 2. The van der Waals surface area contributed by atoms with Crippen LogP contribution in [0, 0.1) is 5.92 Å². The molecular formula is C18H25NO3. The predicted octanol–water partition coefficient (Wildman–Crippen LogP) is 3.40. The lowest BCUT2D eigenvalue weighted by Gasteiger charge is -2.21. The second-order valence-electron chi connectivity index (χ2n) is 6.14. The van der Waals surface area contributed by atoms with E-state index in [1.165, 1.54) is 32.1 Å². The maximum absolute atomic E-state index is 11.8. The third-order valence-corrected chi connectivity index (χ3v) is 4.44. The lowest BCUT2D eigenvalue weighted by molar-refractivity contribution is -0.121. The number of rotatable bonds is 7. The molecule has 1 aliphatic carbocycles. The SMILES string of the molecule is O=C(CCc1ccc(C(=O)O)cc1)NCCC1CCCCC1. The topological polar surface area (TPSA) is 66.4 Å². The van der Waals surface area contributed by atoms with Crippen LogP contribution in [0.5, 0.6) is 0 Å². The van der Waals surface area contributed by atoms with Crippen molar-refractivity contribution in [2.75, 3.05) is 6.54 Å². The fourth-order valence-corrected chi connectivity index (χ4v) is 3.05. The summed E-state index contributed by atoms with van der Waals surface area (Å²) in [6.45, 7) is 0.779. The fourth-order valence-electron chi connectivity index (χ4n) is 3.05. The molecule has 1 aromatic carbocycles. The first-order valence-corrected chi connectivity index (χ1v) is 8.24. The molecule has 0 saturated heterocycles. The van der Waals surface area contributed by atoms with Crippen molar-refractivity contribution in [1.29, 1.82) is 0 Å². The highest BCUT2D eigenvalue weighted by molar-refractivity contribution is 5.87. The van der Waals surface area contributed by atoms with Crippen molar-refractivity contribution in [3.05, 3.63) is 35.4 Å². The largest absolute Gasteiger partial charge is 0.478 e. The summed E-state index contributed by atoms with van der Waals surface area (Å²) in [7, 11) is 0. The van der Waals surface area contributed by atoms with Crippen molar-refractivity contribution in [3.8, 4) is 0 Å². The van der Waals surface area contributed by atoms with Gasteiger partial charge in [0.05, 0.1) is 5.56 Å². The van der Waals surface area contributed by atoms with Gasteiger partial charge < -0.3 is 10.4 Å². The monoisotopic (exact) mass is 303 g/mol. The third-order valence-electron chi connectivity index (χ3n) is 4.44. The standard InChI is InChI=1S/C18H25NO3/c20-17(19-13-12-14-4-2-1-3-5-14)11-8-15-6-9-16(10-7-15)18(21)22/h6-7,9-10,14H,1-5,8,11-13H2,(H,19,20)(H,21,22). The number of hydrogen-bond donors (Lipinski definition) is 2. The molecule has 4 heteroatoms. The van der Waals surface area contributed by atoms with Crippen LogP contribution in [0.1, 0.15) is 60.9 Å². The second kappa shape index (κ2) is 8.57. The number of aromatic carboxylic acids is 1. The van der Waals surface area contributed by atoms with Gasteiger partial charge in [0, 0.05) is 13.0 Å². The van der Waals surface area contributed by atoms with E-state index in [1.807, 2.05) is 0 Å². The number of nitrogens with one attached hydrogen (secondary N) is 1. The average Bonchev–Trinajstić information content (AvgIpc) is 2.54. The number of aryl methyl sites for hydroxylation is 1. The summed E-state index contributed by atoms with van der Waals surface area (Å²) >= 11 is 0. The normalized spacial score (nSPS) is 15.5. The Morgan fingerprint density at radius 1 is 1.09 bits per heavy atom. The number of carbonyl (C=O) groups excluding carboxylic acids is 1. The quantitative estimate of drug-likeness (QED) is 0.811.